The van der Waals surface area contributed by atoms with Gasteiger partial charge in [-0.25, -0.2) is 0 Å². The van der Waals surface area contributed by atoms with Gasteiger partial charge in [-0.1, -0.05) is 61.0 Å². The van der Waals surface area contributed by atoms with Crippen molar-refractivity contribution in [3.05, 3.63) is 33.8 Å². The minimum Gasteiger partial charge on any atom is -0.382 e. The summed E-state index contributed by atoms with van der Waals surface area (Å²) in [7, 11) is 0. The molecule has 0 aromatic heterocycles. The van der Waals surface area contributed by atoms with Crippen LogP contribution in [-0.4, -0.2) is 16.5 Å². The Bertz CT molecular complexity index is 463. The van der Waals surface area contributed by atoms with E-state index in [0.717, 1.165) is 25.7 Å². The van der Waals surface area contributed by atoms with Crippen LogP contribution in [0.1, 0.15) is 44.1 Å². The smallest absolute Gasteiger partial charge is 0.168 e. The van der Waals surface area contributed by atoms with Crippen molar-refractivity contribution in [3.8, 4) is 0 Å². The number of ketones is 1. The predicted octanol–water partition coefficient (Wildman–Crippen LogP) is 4.19. The normalized spacial score (nSPS) is 18.9. The highest BCUT2D eigenvalue weighted by molar-refractivity contribution is 6.42. The van der Waals surface area contributed by atoms with Gasteiger partial charge < -0.3 is 5.11 Å². The van der Waals surface area contributed by atoms with Gasteiger partial charge in [0.25, 0.3) is 0 Å². The Hall–Kier alpha value is -0.570. The lowest BCUT2D eigenvalue weighted by Gasteiger charge is -2.25. The third-order valence-corrected chi connectivity index (χ3v) is 4.69. The van der Waals surface area contributed by atoms with Crippen molar-refractivity contribution in [3.63, 3.8) is 0 Å². The van der Waals surface area contributed by atoms with Crippen LogP contribution in [0.4, 0.5) is 0 Å². The Kier molecular flexibility index (Phi) is 4.88. The van der Waals surface area contributed by atoms with Gasteiger partial charge in [-0.2, -0.15) is 0 Å². The Morgan fingerprint density at radius 3 is 2.42 bits per heavy atom. The molecule has 0 bridgehead atoms. The Labute approximate surface area is 123 Å². The van der Waals surface area contributed by atoms with Crippen LogP contribution in [-0.2, 0) is 11.2 Å². The highest BCUT2D eigenvalue weighted by Crippen LogP contribution is 2.31. The summed E-state index contributed by atoms with van der Waals surface area (Å²) in [5, 5.41) is 11.4. The number of Topliss-reactive ketones (excluding diaryl/α,β-unsaturated/α-hetero) is 1. The van der Waals surface area contributed by atoms with Crippen LogP contribution in [0.5, 0.6) is 0 Å². The van der Waals surface area contributed by atoms with Crippen molar-refractivity contribution < 1.29 is 9.90 Å². The molecule has 0 unspecified atom stereocenters. The number of hydrogen-bond donors (Lipinski definition) is 1. The average molecular weight is 301 g/mol. The van der Waals surface area contributed by atoms with E-state index in [-0.39, 0.29) is 12.2 Å². The topological polar surface area (TPSA) is 37.3 Å². The van der Waals surface area contributed by atoms with E-state index in [9.17, 15) is 9.90 Å². The molecule has 104 valence electrons. The molecule has 19 heavy (non-hydrogen) atoms. The first-order valence-electron chi connectivity index (χ1n) is 6.71. The van der Waals surface area contributed by atoms with Crippen LogP contribution < -0.4 is 0 Å². The van der Waals surface area contributed by atoms with Gasteiger partial charge >= 0.3 is 0 Å². The lowest BCUT2D eigenvalue weighted by atomic mass is 9.86. The Morgan fingerprint density at radius 1 is 1.16 bits per heavy atom. The molecular weight excluding hydrogens is 283 g/mol. The van der Waals surface area contributed by atoms with Gasteiger partial charge in [-0.3, -0.25) is 4.79 Å². The quantitative estimate of drug-likeness (QED) is 0.850. The first-order valence-corrected chi connectivity index (χ1v) is 7.47. The summed E-state index contributed by atoms with van der Waals surface area (Å²) in [4.78, 5) is 12.4. The van der Waals surface area contributed by atoms with Gasteiger partial charge in [0.1, 0.15) is 5.60 Å². The summed E-state index contributed by atoms with van der Waals surface area (Å²) in [6.07, 6.45) is 5.27. The van der Waals surface area contributed by atoms with E-state index >= 15 is 0 Å². The number of aliphatic hydroxyl groups is 1. The van der Waals surface area contributed by atoms with Crippen molar-refractivity contribution in [2.45, 2.75) is 50.5 Å². The summed E-state index contributed by atoms with van der Waals surface area (Å²) < 4.78 is 0. The van der Waals surface area contributed by atoms with Crippen molar-refractivity contribution in [2.75, 3.05) is 0 Å². The molecule has 1 aliphatic rings. The van der Waals surface area contributed by atoms with Crippen molar-refractivity contribution >= 4 is 29.0 Å². The number of rotatable bonds is 3. The van der Waals surface area contributed by atoms with Crippen LogP contribution in [0.25, 0.3) is 0 Å². The second-order valence-corrected chi connectivity index (χ2v) is 6.04. The molecular formula is C15H18Cl2O2. The maximum Gasteiger partial charge on any atom is 0.168 e. The van der Waals surface area contributed by atoms with E-state index in [0.29, 0.717) is 28.5 Å². The molecule has 0 atom stereocenters. The second-order valence-electron chi connectivity index (χ2n) is 5.26. The minimum absolute atomic E-state index is 0.140. The third kappa shape index (κ3) is 3.50. The Balaban J connectivity index is 2.13. The molecule has 1 fully saturated rings. The number of hydrogen-bond acceptors (Lipinski definition) is 2. The number of carbonyl (C=O) groups excluding carboxylic acids is 1. The molecule has 1 aromatic rings. The maximum absolute atomic E-state index is 12.4. The molecule has 1 saturated carbocycles. The summed E-state index contributed by atoms with van der Waals surface area (Å²) in [5.41, 5.74) is -0.487. The average Bonchev–Trinajstić information content (AvgIpc) is 2.61. The largest absolute Gasteiger partial charge is 0.382 e. The molecule has 0 amide bonds. The molecule has 0 aliphatic heterocycles. The van der Waals surface area contributed by atoms with Gasteiger partial charge in [-0.05, 0) is 24.5 Å². The minimum atomic E-state index is -1.18. The van der Waals surface area contributed by atoms with Crippen molar-refractivity contribution in [2.24, 2.45) is 0 Å². The zero-order valence-corrected chi connectivity index (χ0v) is 12.3. The number of benzene rings is 1. The molecule has 1 aromatic carbocycles. The van der Waals surface area contributed by atoms with E-state index in [2.05, 4.69) is 0 Å². The highest BCUT2D eigenvalue weighted by atomic mass is 35.5. The molecule has 2 nitrogen and oxygen atoms in total. The van der Waals surface area contributed by atoms with Crippen LogP contribution >= 0.6 is 23.2 Å². The van der Waals surface area contributed by atoms with Gasteiger partial charge in [0.15, 0.2) is 5.78 Å². The molecule has 2 rings (SSSR count). The lowest BCUT2D eigenvalue weighted by molar-refractivity contribution is -0.138. The van der Waals surface area contributed by atoms with Crippen LogP contribution in [0.3, 0.4) is 0 Å². The molecule has 1 aliphatic carbocycles. The molecule has 0 radical (unpaired) electrons. The zero-order chi connectivity index (χ0) is 13.9. The third-order valence-electron chi connectivity index (χ3n) is 3.83. The standard InChI is InChI=1S/C15H18Cl2O2/c16-12-7-5-6-11(14(12)17)10-13(18)15(19)8-3-1-2-4-9-15/h5-7,19H,1-4,8-10H2. The van der Waals surface area contributed by atoms with Gasteiger partial charge in [0.05, 0.1) is 10.0 Å². The fourth-order valence-electron chi connectivity index (χ4n) is 2.61. The summed E-state index contributed by atoms with van der Waals surface area (Å²) in [5.74, 6) is -0.140. The van der Waals surface area contributed by atoms with Crippen LogP contribution in [0.15, 0.2) is 18.2 Å². The first-order chi connectivity index (χ1) is 9.03. The molecule has 0 heterocycles. The SMILES string of the molecule is O=C(Cc1cccc(Cl)c1Cl)C1(O)CCCCCC1. The van der Waals surface area contributed by atoms with Crippen LogP contribution in [0.2, 0.25) is 10.0 Å². The van der Waals surface area contributed by atoms with E-state index in [1.54, 1.807) is 18.2 Å². The van der Waals surface area contributed by atoms with Gasteiger partial charge in [0, 0.05) is 6.42 Å². The van der Waals surface area contributed by atoms with Gasteiger partial charge in [-0.15, -0.1) is 0 Å². The molecule has 4 heteroatoms. The van der Waals surface area contributed by atoms with Crippen molar-refractivity contribution in [1.29, 1.82) is 0 Å². The second kappa shape index (κ2) is 6.25. The van der Waals surface area contributed by atoms with E-state index in [1.165, 1.54) is 0 Å². The van der Waals surface area contributed by atoms with Gasteiger partial charge in [0.2, 0.25) is 0 Å². The maximum atomic E-state index is 12.4. The van der Waals surface area contributed by atoms with Crippen LogP contribution in [0, 0.1) is 0 Å². The van der Waals surface area contributed by atoms with Crippen molar-refractivity contribution in [1.82, 2.24) is 0 Å². The van der Waals surface area contributed by atoms with E-state index < -0.39 is 5.60 Å². The van der Waals surface area contributed by atoms with E-state index in [4.69, 9.17) is 23.2 Å². The molecule has 0 spiro atoms. The predicted molar refractivity (Wildman–Crippen MR) is 77.8 cm³/mol. The summed E-state index contributed by atoms with van der Waals surface area (Å²) >= 11 is 12.0. The zero-order valence-electron chi connectivity index (χ0n) is 10.8. The summed E-state index contributed by atoms with van der Waals surface area (Å²) in [6.45, 7) is 0. The van der Waals surface area contributed by atoms with E-state index in [1.807, 2.05) is 0 Å². The monoisotopic (exact) mass is 300 g/mol. The number of halogens is 2. The fraction of sp³-hybridized carbons (Fsp3) is 0.533. The molecule has 0 saturated heterocycles. The highest BCUT2D eigenvalue weighted by Gasteiger charge is 2.35. The first kappa shape index (κ1) is 14.8. The number of carbonyl (C=O) groups is 1. The fourth-order valence-corrected chi connectivity index (χ4v) is 3.00. The summed E-state index contributed by atoms with van der Waals surface area (Å²) in [6, 6.07) is 5.25. The Morgan fingerprint density at radius 2 is 1.79 bits per heavy atom. The lowest BCUT2D eigenvalue weighted by Crippen LogP contribution is -2.39. The molecule has 1 N–H and O–H groups in total.